The van der Waals surface area contributed by atoms with Crippen molar-refractivity contribution in [1.29, 1.82) is 0 Å². The van der Waals surface area contributed by atoms with Gasteiger partial charge in [0.25, 0.3) is 5.69 Å². The van der Waals surface area contributed by atoms with Gasteiger partial charge in [-0.05, 0) is 24.3 Å². The summed E-state index contributed by atoms with van der Waals surface area (Å²) in [4.78, 5) is 15.5. The summed E-state index contributed by atoms with van der Waals surface area (Å²) in [5.41, 5.74) is 1.51. The maximum Gasteiger partial charge on any atom is 0.269 e. The van der Waals surface area contributed by atoms with Crippen LogP contribution in [0.4, 0.5) is 5.69 Å². The molecule has 0 saturated carbocycles. The van der Waals surface area contributed by atoms with E-state index in [4.69, 9.17) is 0 Å². The van der Waals surface area contributed by atoms with E-state index < -0.39 is 4.92 Å². The first-order valence-electron chi connectivity index (χ1n) is 6.18. The van der Waals surface area contributed by atoms with E-state index in [0.717, 1.165) is 10.5 Å². The highest BCUT2D eigenvalue weighted by Gasteiger charge is 2.13. The van der Waals surface area contributed by atoms with Crippen LogP contribution in [0.5, 0.6) is 0 Å². The van der Waals surface area contributed by atoms with Gasteiger partial charge in [-0.1, -0.05) is 17.8 Å². The van der Waals surface area contributed by atoms with Gasteiger partial charge in [-0.2, -0.15) is 0 Å². The Morgan fingerprint density at radius 1 is 1.24 bits per heavy atom. The van der Waals surface area contributed by atoms with Gasteiger partial charge < -0.3 is 9.51 Å². The van der Waals surface area contributed by atoms with E-state index in [1.807, 2.05) is 28.8 Å². The van der Waals surface area contributed by atoms with Gasteiger partial charge in [0.05, 0.1) is 17.2 Å². The predicted molar refractivity (Wildman–Crippen MR) is 78.3 cm³/mol. The number of rotatable bonds is 4. The van der Waals surface area contributed by atoms with Crippen LogP contribution >= 0.6 is 11.8 Å². The molecule has 0 saturated heterocycles. The molecule has 0 aliphatic heterocycles. The number of hydrogen-bond donors (Lipinski definition) is 1. The Bertz CT molecular complexity index is 799. The van der Waals surface area contributed by atoms with E-state index in [0.29, 0.717) is 10.7 Å². The summed E-state index contributed by atoms with van der Waals surface area (Å²) in [6.07, 6.45) is 1.84. The molecule has 7 heteroatoms. The number of nitrogens with zero attached hydrogens (tertiary/aromatic N) is 3. The first-order chi connectivity index (χ1) is 10.2. The van der Waals surface area contributed by atoms with Crippen LogP contribution in [0.25, 0.3) is 5.65 Å². The highest BCUT2D eigenvalue weighted by Crippen LogP contribution is 2.31. The fourth-order valence-corrected chi connectivity index (χ4v) is 2.91. The second kappa shape index (κ2) is 5.55. The lowest BCUT2D eigenvalue weighted by Crippen LogP contribution is -1.92. The van der Waals surface area contributed by atoms with Crippen LogP contribution in [0.2, 0.25) is 0 Å². The summed E-state index contributed by atoms with van der Waals surface area (Å²) in [6, 6.07) is 11.9. The second-order valence-electron chi connectivity index (χ2n) is 4.30. The molecule has 106 valence electrons. The van der Waals surface area contributed by atoms with Gasteiger partial charge in [-0.3, -0.25) is 10.1 Å². The SMILES string of the molecule is O=[N+]([O-])c1ccc(Sc2nc3ccccn3c2CO)cc1. The minimum atomic E-state index is -0.432. The van der Waals surface area contributed by atoms with Crippen molar-refractivity contribution in [2.45, 2.75) is 16.5 Å². The zero-order valence-electron chi connectivity index (χ0n) is 10.8. The number of aliphatic hydroxyl groups excluding tert-OH is 1. The average Bonchev–Trinajstić information content (AvgIpc) is 2.84. The number of pyridine rings is 1. The molecule has 0 aliphatic rings. The fraction of sp³-hybridized carbons (Fsp3) is 0.0714. The summed E-state index contributed by atoms with van der Waals surface area (Å²) in [5, 5.41) is 20.9. The molecule has 0 amide bonds. The van der Waals surface area contributed by atoms with Gasteiger partial charge in [0.15, 0.2) is 0 Å². The molecule has 21 heavy (non-hydrogen) atoms. The van der Waals surface area contributed by atoms with Gasteiger partial charge in [0.2, 0.25) is 0 Å². The normalized spacial score (nSPS) is 10.9. The largest absolute Gasteiger partial charge is 0.390 e. The van der Waals surface area contributed by atoms with Crippen molar-refractivity contribution in [3.05, 3.63) is 64.5 Å². The Morgan fingerprint density at radius 3 is 2.67 bits per heavy atom. The molecule has 0 fully saturated rings. The highest BCUT2D eigenvalue weighted by atomic mass is 32.2. The summed E-state index contributed by atoms with van der Waals surface area (Å²) >= 11 is 1.37. The fourth-order valence-electron chi connectivity index (χ4n) is 2.00. The number of nitro groups is 1. The quantitative estimate of drug-likeness (QED) is 0.592. The molecule has 0 atom stereocenters. The third-order valence-corrected chi connectivity index (χ3v) is 4.03. The van der Waals surface area contributed by atoms with Crippen LogP contribution in [0.3, 0.4) is 0 Å². The Labute approximate surface area is 124 Å². The van der Waals surface area contributed by atoms with E-state index >= 15 is 0 Å². The number of imidazole rings is 1. The molecule has 6 nitrogen and oxygen atoms in total. The van der Waals surface area contributed by atoms with Gasteiger partial charge in [-0.25, -0.2) is 4.98 Å². The molecule has 1 aromatic carbocycles. The van der Waals surface area contributed by atoms with Gasteiger partial charge in [-0.15, -0.1) is 0 Å². The maximum absolute atomic E-state index is 10.6. The summed E-state index contributed by atoms with van der Waals surface area (Å²) in [7, 11) is 0. The first kappa shape index (κ1) is 13.6. The van der Waals surface area contributed by atoms with Crippen molar-refractivity contribution in [2.75, 3.05) is 0 Å². The van der Waals surface area contributed by atoms with Crippen LogP contribution in [0.15, 0.2) is 58.6 Å². The number of benzene rings is 1. The molecule has 0 unspecified atom stereocenters. The van der Waals surface area contributed by atoms with E-state index in [2.05, 4.69) is 4.98 Å². The van der Waals surface area contributed by atoms with Crippen LogP contribution in [0.1, 0.15) is 5.69 Å². The van der Waals surface area contributed by atoms with Gasteiger partial charge in [0, 0.05) is 23.2 Å². The highest BCUT2D eigenvalue weighted by molar-refractivity contribution is 7.99. The van der Waals surface area contributed by atoms with E-state index in [9.17, 15) is 15.2 Å². The topological polar surface area (TPSA) is 80.7 Å². The molecule has 0 spiro atoms. The molecular weight excluding hydrogens is 290 g/mol. The van der Waals surface area contributed by atoms with Crippen molar-refractivity contribution < 1.29 is 10.0 Å². The van der Waals surface area contributed by atoms with E-state index in [-0.39, 0.29) is 12.3 Å². The number of hydrogen-bond acceptors (Lipinski definition) is 5. The van der Waals surface area contributed by atoms with Gasteiger partial charge >= 0.3 is 0 Å². The molecule has 2 aromatic heterocycles. The summed E-state index contributed by atoms with van der Waals surface area (Å²) in [6.45, 7) is -0.125. The average molecular weight is 301 g/mol. The zero-order valence-corrected chi connectivity index (χ0v) is 11.7. The molecular formula is C14H11N3O3S. The molecule has 0 radical (unpaired) electrons. The summed E-state index contributed by atoms with van der Waals surface area (Å²) < 4.78 is 1.83. The van der Waals surface area contributed by atoms with Crippen molar-refractivity contribution >= 4 is 23.1 Å². The molecule has 1 N–H and O–H groups in total. The van der Waals surface area contributed by atoms with Crippen molar-refractivity contribution in [2.24, 2.45) is 0 Å². The molecule has 0 aliphatic carbocycles. The lowest BCUT2D eigenvalue weighted by Gasteiger charge is -2.01. The minimum absolute atomic E-state index is 0.0525. The Morgan fingerprint density at radius 2 is 2.00 bits per heavy atom. The Balaban J connectivity index is 1.95. The minimum Gasteiger partial charge on any atom is -0.390 e. The zero-order chi connectivity index (χ0) is 14.8. The van der Waals surface area contributed by atoms with Crippen LogP contribution in [0, 0.1) is 10.1 Å². The lowest BCUT2D eigenvalue weighted by atomic mass is 10.3. The van der Waals surface area contributed by atoms with Crippen LogP contribution in [-0.4, -0.2) is 19.4 Å². The van der Waals surface area contributed by atoms with Crippen molar-refractivity contribution in [1.82, 2.24) is 9.38 Å². The lowest BCUT2D eigenvalue weighted by molar-refractivity contribution is -0.384. The monoisotopic (exact) mass is 301 g/mol. The molecule has 2 heterocycles. The number of aliphatic hydroxyl groups is 1. The maximum atomic E-state index is 10.6. The predicted octanol–water partition coefficient (Wildman–Crippen LogP) is 2.89. The Kier molecular flexibility index (Phi) is 3.59. The second-order valence-corrected chi connectivity index (χ2v) is 5.37. The van der Waals surface area contributed by atoms with Crippen molar-refractivity contribution in [3.63, 3.8) is 0 Å². The van der Waals surface area contributed by atoms with Crippen molar-refractivity contribution in [3.8, 4) is 0 Å². The number of aromatic nitrogens is 2. The van der Waals surface area contributed by atoms with Crippen LogP contribution < -0.4 is 0 Å². The number of non-ortho nitro benzene ring substituents is 1. The molecule has 3 rings (SSSR count). The molecule has 0 bridgehead atoms. The van der Waals surface area contributed by atoms with E-state index in [1.165, 1.54) is 23.9 Å². The number of fused-ring (bicyclic) bond motifs is 1. The smallest absolute Gasteiger partial charge is 0.269 e. The van der Waals surface area contributed by atoms with Crippen LogP contribution in [-0.2, 0) is 6.61 Å². The van der Waals surface area contributed by atoms with E-state index in [1.54, 1.807) is 12.1 Å². The molecule has 3 aromatic rings. The third-order valence-electron chi connectivity index (χ3n) is 3.00. The standard InChI is InChI=1S/C14H11N3O3S/c18-9-12-14(15-13-3-1-2-8-16(12)13)21-11-6-4-10(5-7-11)17(19)20/h1-8,18H,9H2. The summed E-state index contributed by atoms with van der Waals surface area (Å²) in [5.74, 6) is 0. The first-order valence-corrected chi connectivity index (χ1v) is 7.00. The Hall–Kier alpha value is -2.38. The number of nitro benzene ring substituents is 1. The third kappa shape index (κ3) is 2.61. The van der Waals surface area contributed by atoms with Gasteiger partial charge in [0.1, 0.15) is 10.7 Å².